The van der Waals surface area contributed by atoms with E-state index in [1.807, 2.05) is 36.5 Å². The molecule has 3 aromatic rings. The molecule has 3 rings (SSSR count). The maximum Gasteiger partial charge on any atom is 0.123 e. The van der Waals surface area contributed by atoms with Gasteiger partial charge in [0, 0.05) is 23.0 Å². The first kappa shape index (κ1) is 11.3. The van der Waals surface area contributed by atoms with Crippen molar-refractivity contribution in [3.63, 3.8) is 0 Å². The first-order valence-corrected chi connectivity index (χ1v) is 6.50. The fourth-order valence-corrected chi connectivity index (χ4v) is 2.58. The van der Waals surface area contributed by atoms with Crippen LogP contribution in [0.3, 0.4) is 0 Å². The normalized spacial score (nSPS) is 10.5. The van der Waals surface area contributed by atoms with Gasteiger partial charge in [0.15, 0.2) is 0 Å². The Kier molecular flexibility index (Phi) is 3.04. The Morgan fingerprint density at radius 1 is 1.00 bits per heavy atom. The van der Waals surface area contributed by atoms with Gasteiger partial charge < -0.3 is 0 Å². The van der Waals surface area contributed by atoms with E-state index in [0.29, 0.717) is 0 Å². The number of rotatable bonds is 2. The van der Waals surface area contributed by atoms with E-state index in [1.54, 1.807) is 17.5 Å². The third-order valence-corrected chi connectivity index (χ3v) is 3.75. The number of hydrogen-bond donors (Lipinski definition) is 0. The van der Waals surface area contributed by atoms with Gasteiger partial charge in [0.05, 0.1) is 10.6 Å². The minimum Gasteiger partial charge on any atom is -0.245 e. The van der Waals surface area contributed by atoms with Crippen LogP contribution in [0.4, 0.5) is 0 Å². The van der Waals surface area contributed by atoms with Crippen molar-refractivity contribution in [2.24, 2.45) is 0 Å². The first-order chi connectivity index (χ1) is 8.83. The van der Waals surface area contributed by atoms with Gasteiger partial charge in [-0.1, -0.05) is 23.7 Å². The number of halogens is 1. The van der Waals surface area contributed by atoms with Gasteiger partial charge in [-0.15, -0.1) is 11.3 Å². The van der Waals surface area contributed by atoms with E-state index < -0.39 is 0 Å². The van der Waals surface area contributed by atoms with Crippen LogP contribution in [-0.2, 0) is 0 Å². The molecule has 0 aliphatic rings. The predicted molar refractivity (Wildman–Crippen MR) is 73.6 cm³/mol. The van der Waals surface area contributed by atoms with E-state index in [2.05, 4.69) is 15.0 Å². The SMILES string of the molecule is Clc1ccc(-c2ncc(-c3ccncn3)s2)cc1. The summed E-state index contributed by atoms with van der Waals surface area (Å²) in [5.74, 6) is 0. The molecule has 0 bridgehead atoms. The van der Waals surface area contributed by atoms with Crippen molar-refractivity contribution in [2.75, 3.05) is 0 Å². The lowest BCUT2D eigenvalue weighted by Gasteiger charge is -1.95. The smallest absolute Gasteiger partial charge is 0.123 e. The summed E-state index contributed by atoms with van der Waals surface area (Å²) in [5.41, 5.74) is 1.95. The molecule has 5 heteroatoms. The Labute approximate surface area is 113 Å². The Bertz CT molecular complexity index is 650. The third kappa shape index (κ3) is 2.25. The van der Waals surface area contributed by atoms with Crippen molar-refractivity contribution < 1.29 is 0 Å². The lowest BCUT2D eigenvalue weighted by Crippen LogP contribution is -1.79. The monoisotopic (exact) mass is 273 g/mol. The summed E-state index contributed by atoms with van der Waals surface area (Å²) in [6.45, 7) is 0. The Balaban J connectivity index is 1.97. The van der Waals surface area contributed by atoms with Gasteiger partial charge >= 0.3 is 0 Å². The fraction of sp³-hybridized carbons (Fsp3) is 0. The minimum absolute atomic E-state index is 0.728. The van der Waals surface area contributed by atoms with E-state index >= 15 is 0 Å². The lowest BCUT2D eigenvalue weighted by atomic mass is 10.2. The molecule has 0 N–H and O–H groups in total. The zero-order chi connectivity index (χ0) is 12.4. The van der Waals surface area contributed by atoms with Crippen molar-refractivity contribution >= 4 is 22.9 Å². The molecule has 0 radical (unpaired) electrons. The summed E-state index contributed by atoms with van der Waals surface area (Å²) in [7, 11) is 0. The first-order valence-electron chi connectivity index (χ1n) is 5.31. The number of benzene rings is 1. The summed E-state index contributed by atoms with van der Waals surface area (Å²) >= 11 is 7.47. The second kappa shape index (κ2) is 4.84. The quantitative estimate of drug-likeness (QED) is 0.710. The van der Waals surface area contributed by atoms with Crippen LogP contribution in [0.15, 0.2) is 49.1 Å². The van der Waals surface area contributed by atoms with Crippen LogP contribution < -0.4 is 0 Å². The van der Waals surface area contributed by atoms with Crippen LogP contribution in [0.2, 0.25) is 5.02 Å². The topological polar surface area (TPSA) is 38.7 Å². The van der Waals surface area contributed by atoms with Crippen LogP contribution >= 0.6 is 22.9 Å². The molecule has 0 amide bonds. The number of aromatic nitrogens is 3. The largest absolute Gasteiger partial charge is 0.245 e. The maximum absolute atomic E-state index is 5.87. The molecule has 0 saturated carbocycles. The number of nitrogens with zero attached hydrogens (tertiary/aromatic N) is 3. The second-order valence-corrected chi connectivity index (χ2v) is 5.10. The maximum atomic E-state index is 5.87. The van der Waals surface area contributed by atoms with Crippen molar-refractivity contribution in [2.45, 2.75) is 0 Å². The van der Waals surface area contributed by atoms with Crippen LogP contribution in [0.25, 0.3) is 21.1 Å². The molecule has 18 heavy (non-hydrogen) atoms. The zero-order valence-electron chi connectivity index (χ0n) is 9.25. The van der Waals surface area contributed by atoms with Gasteiger partial charge in [-0.2, -0.15) is 0 Å². The summed E-state index contributed by atoms with van der Waals surface area (Å²) in [6, 6.07) is 9.53. The van der Waals surface area contributed by atoms with Gasteiger partial charge in [0.2, 0.25) is 0 Å². The summed E-state index contributed by atoms with van der Waals surface area (Å²) < 4.78 is 0. The van der Waals surface area contributed by atoms with Crippen LogP contribution in [0, 0.1) is 0 Å². The number of thiazole rings is 1. The molecule has 0 atom stereocenters. The van der Waals surface area contributed by atoms with Gasteiger partial charge in [-0.3, -0.25) is 0 Å². The van der Waals surface area contributed by atoms with Gasteiger partial charge in [-0.25, -0.2) is 15.0 Å². The van der Waals surface area contributed by atoms with Crippen LogP contribution in [0.5, 0.6) is 0 Å². The number of hydrogen-bond acceptors (Lipinski definition) is 4. The van der Waals surface area contributed by atoms with E-state index in [-0.39, 0.29) is 0 Å². The summed E-state index contributed by atoms with van der Waals surface area (Å²) in [4.78, 5) is 13.5. The molecule has 3 nitrogen and oxygen atoms in total. The van der Waals surface area contributed by atoms with Gasteiger partial charge in [-0.05, 0) is 18.2 Å². The Morgan fingerprint density at radius 3 is 2.56 bits per heavy atom. The standard InChI is InChI=1S/C13H8ClN3S/c14-10-3-1-9(2-4-10)13-16-7-12(18-13)11-5-6-15-8-17-11/h1-8H. The lowest BCUT2D eigenvalue weighted by molar-refractivity contribution is 1.17. The van der Waals surface area contributed by atoms with E-state index in [9.17, 15) is 0 Å². The molecule has 0 aliphatic heterocycles. The third-order valence-electron chi connectivity index (χ3n) is 2.43. The highest BCUT2D eigenvalue weighted by Gasteiger charge is 2.07. The highest BCUT2D eigenvalue weighted by molar-refractivity contribution is 7.18. The highest BCUT2D eigenvalue weighted by Crippen LogP contribution is 2.31. The van der Waals surface area contributed by atoms with Crippen molar-refractivity contribution in [3.8, 4) is 21.1 Å². The van der Waals surface area contributed by atoms with Crippen molar-refractivity contribution in [1.82, 2.24) is 15.0 Å². The molecular weight excluding hydrogens is 266 g/mol. The molecule has 0 spiro atoms. The molecule has 0 aliphatic carbocycles. The average Bonchev–Trinajstić information content (AvgIpc) is 2.90. The van der Waals surface area contributed by atoms with Gasteiger partial charge in [0.1, 0.15) is 11.3 Å². The van der Waals surface area contributed by atoms with Crippen molar-refractivity contribution in [1.29, 1.82) is 0 Å². The fourth-order valence-electron chi connectivity index (χ4n) is 1.55. The Morgan fingerprint density at radius 2 is 1.83 bits per heavy atom. The second-order valence-electron chi connectivity index (χ2n) is 3.63. The van der Waals surface area contributed by atoms with Crippen LogP contribution in [0.1, 0.15) is 0 Å². The molecule has 0 fully saturated rings. The Hall–Kier alpha value is -1.78. The predicted octanol–water partition coefficient (Wildman–Crippen LogP) is 3.92. The average molecular weight is 274 g/mol. The van der Waals surface area contributed by atoms with E-state index in [4.69, 9.17) is 11.6 Å². The van der Waals surface area contributed by atoms with Crippen LogP contribution in [-0.4, -0.2) is 15.0 Å². The van der Waals surface area contributed by atoms with Crippen molar-refractivity contribution in [3.05, 3.63) is 54.1 Å². The van der Waals surface area contributed by atoms with E-state index in [0.717, 1.165) is 26.2 Å². The molecule has 0 saturated heterocycles. The molecule has 1 aromatic carbocycles. The zero-order valence-corrected chi connectivity index (χ0v) is 10.8. The van der Waals surface area contributed by atoms with E-state index in [1.165, 1.54) is 6.33 Å². The summed E-state index contributed by atoms with van der Waals surface area (Å²) in [6.07, 6.45) is 5.10. The highest BCUT2D eigenvalue weighted by atomic mass is 35.5. The molecule has 88 valence electrons. The molecule has 0 unspecified atom stereocenters. The molecular formula is C13H8ClN3S. The summed E-state index contributed by atoms with van der Waals surface area (Å²) in [5, 5.41) is 1.69. The minimum atomic E-state index is 0.728. The van der Waals surface area contributed by atoms with Gasteiger partial charge in [0.25, 0.3) is 0 Å². The molecule has 2 aromatic heterocycles. The molecule has 2 heterocycles.